The highest BCUT2D eigenvalue weighted by Crippen LogP contribution is 2.36. The van der Waals surface area contributed by atoms with E-state index < -0.39 is 0 Å². The lowest BCUT2D eigenvalue weighted by atomic mass is 9.89. The highest BCUT2D eigenvalue weighted by atomic mass is 16.3. The Labute approximate surface area is 147 Å². The number of phenols is 1. The van der Waals surface area contributed by atoms with Gasteiger partial charge in [0, 0.05) is 5.56 Å². The molecule has 0 radical (unpaired) electrons. The number of unbranched alkanes of at least 4 members (excludes halogenated alkanes) is 5. The van der Waals surface area contributed by atoms with Crippen molar-refractivity contribution >= 4 is 0 Å². The lowest BCUT2D eigenvalue weighted by Gasteiger charge is -2.17. The van der Waals surface area contributed by atoms with Crippen molar-refractivity contribution in [2.24, 2.45) is 0 Å². The molecule has 2 rings (SSSR count). The number of aryl methyl sites for hydroxylation is 1. The molecule has 0 bridgehead atoms. The van der Waals surface area contributed by atoms with E-state index in [-0.39, 0.29) is 0 Å². The van der Waals surface area contributed by atoms with Gasteiger partial charge in [0.15, 0.2) is 0 Å². The molecule has 1 nitrogen and oxygen atoms in total. The van der Waals surface area contributed by atoms with Gasteiger partial charge in [0.2, 0.25) is 0 Å². The van der Waals surface area contributed by atoms with Crippen molar-refractivity contribution in [3.05, 3.63) is 53.6 Å². The minimum Gasteiger partial charge on any atom is -0.507 e. The molecule has 2 aromatic carbocycles. The molecule has 0 aliphatic heterocycles. The van der Waals surface area contributed by atoms with Gasteiger partial charge in [-0.05, 0) is 48.4 Å². The number of aromatic hydroxyl groups is 1. The zero-order valence-corrected chi connectivity index (χ0v) is 15.4. The normalized spacial score (nSPS) is 10.9. The summed E-state index contributed by atoms with van der Waals surface area (Å²) in [4.78, 5) is 0. The summed E-state index contributed by atoms with van der Waals surface area (Å²) >= 11 is 0. The standard InChI is InChI=1S/C23H32O/c1-3-5-7-12-16-21-19(13-9-6-4-2)17-18-22(24)23(21)20-14-10-8-11-15-20/h8,10-11,14-15,17-18,24H,3-7,9,12-13,16H2,1-2H3. The maximum Gasteiger partial charge on any atom is 0.123 e. The first-order chi connectivity index (χ1) is 11.8. The van der Waals surface area contributed by atoms with Gasteiger partial charge >= 0.3 is 0 Å². The molecule has 0 spiro atoms. The lowest BCUT2D eigenvalue weighted by Crippen LogP contribution is -1.99. The van der Waals surface area contributed by atoms with Crippen LogP contribution in [0.2, 0.25) is 0 Å². The van der Waals surface area contributed by atoms with Crippen LogP contribution in [0.1, 0.15) is 69.9 Å². The molecule has 0 amide bonds. The van der Waals surface area contributed by atoms with Crippen LogP contribution in [0.4, 0.5) is 0 Å². The predicted octanol–water partition coefficient (Wildman–Crippen LogP) is 6.91. The Morgan fingerprint density at radius 3 is 2.08 bits per heavy atom. The lowest BCUT2D eigenvalue weighted by molar-refractivity contribution is 0.476. The van der Waals surface area contributed by atoms with Gasteiger partial charge in [-0.25, -0.2) is 0 Å². The molecule has 0 aliphatic rings. The summed E-state index contributed by atoms with van der Waals surface area (Å²) in [5.74, 6) is 0.422. The van der Waals surface area contributed by atoms with E-state index in [1.54, 1.807) is 0 Å². The van der Waals surface area contributed by atoms with Crippen molar-refractivity contribution < 1.29 is 5.11 Å². The monoisotopic (exact) mass is 324 g/mol. The van der Waals surface area contributed by atoms with Gasteiger partial charge in [0.05, 0.1) is 0 Å². The van der Waals surface area contributed by atoms with E-state index >= 15 is 0 Å². The number of benzene rings is 2. The SMILES string of the molecule is CCCCCCc1c(CCCCC)ccc(O)c1-c1ccccc1. The summed E-state index contributed by atoms with van der Waals surface area (Å²) in [5.41, 5.74) is 4.99. The average Bonchev–Trinajstić information content (AvgIpc) is 2.61. The summed E-state index contributed by atoms with van der Waals surface area (Å²) in [6, 6.07) is 14.4. The third-order valence-electron chi connectivity index (χ3n) is 4.78. The van der Waals surface area contributed by atoms with Crippen molar-refractivity contribution in [1.82, 2.24) is 0 Å². The minimum atomic E-state index is 0.422. The smallest absolute Gasteiger partial charge is 0.123 e. The van der Waals surface area contributed by atoms with Crippen LogP contribution in [0.5, 0.6) is 5.75 Å². The van der Waals surface area contributed by atoms with Gasteiger partial charge in [-0.15, -0.1) is 0 Å². The Balaban J connectivity index is 2.33. The summed E-state index contributed by atoms with van der Waals surface area (Å²) in [6.45, 7) is 4.50. The molecule has 1 heteroatoms. The van der Waals surface area contributed by atoms with Crippen molar-refractivity contribution in [2.75, 3.05) is 0 Å². The van der Waals surface area contributed by atoms with Gasteiger partial charge < -0.3 is 5.11 Å². The van der Waals surface area contributed by atoms with Crippen LogP contribution in [0.3, 0.4) is 0 Å². The molecule has 0 saturated heterocycles. The fraction of sp³-hybridized carbons (Fsp3) is 0.478. The van der Waals surface area contributed by atoms with Gasteiger partial charge in [0.25, 0.3) is 0 Å². The van der Waals surface area contributed by atoms with Gasteiger partial charge in [-0.2, -0.15) is 0 Å². The van der Waals surface area contributed by atoms with Gasteiger partial charge in [0.1, 0.15) is 5.75 Å². The first kappa shape index (κ1) is 18.6. The predicted molar refractivity (Wildman–Crippen MR) is 105 cm³/mol. The topological polar surface area (TPSA) is 20.2 Å². The van der Waals surface area contributed by atoms with E-state index in [4.69, 9.17) is 0 Å². The van der Waals surface area contributed by atoms with Crippen molar-refractivity contribution in [1.29, 1.82) is 0 Å². The van der Waals surface area contributed by atoms with E-state index in [9.17, 15) is 5.11 Å². The van der Waals surface area contributed by atoms with Crippen LogP contribution >= 0.6 is 0 Å². The quantitative estimate of drug-likeness (QED) is 0.470. The van der Waals surface area contributed by atoms with Crippen LogP contribution in [0, 0.1) is 0 Å². The third kappa shape index (κ3) is 5.12. The summed E-state index contributed by atoms with van der Waals surface area (Å²) < 4.78 is 0. The Bertz CT molecular complexity index is 601. The highest BCUT2D eigenvalue weighted by molar-refractivity contribution is 5.75. The van der Waals surface area contributed by atoms with Crippen molar-refractivity contribution in [2.45, 2.75) is 71.6 Å². The van der Waals surface area contributed by atoms with Crippen LogP contribution in [-0.4, -0.2) is 5.11 Å². The van der Waals surface area contributed by atoms with Gasteiger partial charge in [-0.3, -0.25) is 0 Å². The molecule has 24 heavy (non-hydrogen) atoms. The first-order valence-electron chi connectivity index (χ1n) is 9.67. The second-order valence-corrected chi connectivity index (χ2v) is 6.73. The number of rotatable bonds is 10. The van der Waals surface area contributed by atoms with Crippen LogP contribution in [-0.2, 0) is 12.8 Å². The molecular weight excluding hydrogens is 292 g/mol. The van der Waals surface area contributed by atoms with E-state index in [1.807, 2.05) is 12.1 Å². The zero-order valence-electron chi connectivity index (χ0n) is 15.4. The van der Waals surface area contributed by atoms with E-state index in [2.05, 4.69) is 44.2 Å². The molecule has 2 aromatic rings. The fourth-order valence-corrected chi connectivity index (χ4v) is 3.42. The Kier molecular flexibility index (Phi) is 7.88. The Morgan fingerprint density at radius 2 is 1.38 bits per heavy atom. The number of hydrogen-bond donors (Lipinski definition) is 1. The number of hydrogen-bond acceptors (Lipinski definition) is 1. The molecule has 0 atom stereocenters. The third-order valence-corrected chi connectivity index (χ3v) is 4.78. The first-order valence-corrected chi connectivity index (χ1v) is 9.67. The molecule has 0 saturated carbocycles. The second kappa shape index (κ2) is 10.2. The molecule has 0 aromatic heterocycles. The average molecular weight is 325 g/mol. The molecule has 0 heterocycles. The van der Waals surface area contributed by atoms with Crippen molar-refractivity contribution in [3.8, 4) is 16.9 Å². The minimum absolute atomic E-state index is 0.422. The van der Waals surface area contributed by atoms with Crippen molar-refractivity contribution in [3.63, 3.8) is 0 Å². The van der Waals surface area contributed by atoms with E-state index in [1.165, 1.54) is 56.1 Å². The van der Waals surface area contributed by atoms with E-state index in [0.29, 0.717) is 5.75 Å². The molecule has 130 valence electrons. The molecule has 0 unspecified atom stereocenters. The summed E-state index contributed by atoms with van der Waals surface area (Å²) in [7, 11) is 0. The maximum atomic E-state index is 10.5. The zero-order chi connectivity index (χ0) is 17.2. The summed E-state index contributed by atoms with van der Waals surface area (Å²) in [6.07, 6.45) is 11.0. The fourth-order valence-electron chi connectivity index (χ4n) is 3.42. The Morgan fingerprint density at radius 1 is 0.708 bits per heavy atom. The molecular formula is C23H32O. The Hall–Kier alpha value is -1.76. The maximum absolute atomic E-state index is 10.5. The largest absolute Gasteiger partial charge is 0.507 e. The molecule has 1 N–H and O–H groups in total. The second-order valence-electron chi connectivity index (χ2n) is 6.73. The molecule has 0 fully saturated rings. The number of phenolic OH excluding ortho intramolecular Hbond substituents is 1. The molecule has 0 aliphatic carbocycles. The highest BCUT2D eigenvalue weighted by Gasteiger charge is 2.14. The summed E-state index contributed by atoms with van der Waals surface area (Å²) in [5, 5.41) is 10.5. The van der Waals surface area contributed by atoms with Gasteiger partial charge in [-0.1, -0.05) is 82.3 Å². The van der Waals surface area contributed by atoms with Crippen LogP contribution in [0.25, 0.3) is 11.1 Å². The van der Waals surface area contributed by atoms with Crippen LogP contribution < -0.4 is 0 Å². The van der Waals surface area contributed by atoms with E-state index in [0.717, 1.165) is 24.0 Å². The van der Waals surface area contributed by atoms with Crippen LogP contribution in [0.15, 0.2) is 42.5 Å².